The van der Waals surface area contributed by atoms with Crippen LogP contribution < -0.4 is 10.6 Å². The van der Waals surface area contributed by atoms with Crippen molar-refractivity contribution < 1.29 is 4.74 Å². The van der Waals surface area contributed by atoms with Crippen molar-refractivity contribution >= 4 is 39.1 Å². The number of nitrogens with one attached hydrogen (secondary N) is 3. The summed E-state index contributed by atoms with van der Waals surface area (Å²) < 4.78 is 5.32. The number of hydrogen-bond acceptors (Lipinski definition) is 9. The fourth-order valence-corrected chi connectivity index (χ4v) is 6.07. The van der Waals surface area contributed by atoms with Gasteiger partial charge in [-0.2, -0.15) is 15.3 Å². The van der Waals surface area contributed by atoms with Crippen LogP contribution in [0.1, 0.15) is 42.7 Å². The lowest BCUT2D eigenvalue weighted by Gasteiger charge is -2.38. The summed E-state index contributed by atoms with van der Waals surface area (Å²) in [5.74, 6) is 2.13. The zero-order valence-electron chi connectivity index (χ0n) is 18.4. The predicted octanol–water partition coefficient (Wildman–Crippen LogP) is 3.93. The Morgan fingerprint density at radius 3 is 2.78 bits per heavy atom. The van der Waals surface area contributed by atoms with E-state index in [4.69, 9.17) is 20.0 Å². The Hall–Kier alpha value is -2.74. The van der Waals surface area contributed by atoms with Gasteiger partial charge in [-0.05, 0) is 38.7 Å². The van der Waals surface area contributed by atoms with Crippen LogP contribution in [0.3, 0.4) is 0 Å². The minimum Gasteiger partial charge on any atom is -0.379 e. The number of aryl methyl sites for hydroxylation is 1. The van der Waals surface area contributed by atoms with Crippen molar-refractivity contribution in [3.63, 3.8) is 0 Å². The molecule has 0 aliphatic carbocycles. The summed E-state index contributed by atoms with van der Waals surface area (Å²) in [5, 5.41) is 24.2. The fourth-order valence-electron chi connectivity index (χ4n) is 5.07. The van der Waals surface area contributed by atoms with E-state index in [0.717, 1.165) is 51.8 Å². The standard InChI is InChI=1S/C22H28N8OS/c1-13-8-19(29-28-13)25-20-18-11-17(12-31-2)32-21(18)27-22(26-20)24-14-9-15-4-5-16(10-14)30(15)7-3-6-23/h8,11,14-16H,3-5,7,9-10,12H2,1-2H3,(H3,24,25,26,27,28,29)/t14?,15-,16+. The zero-order valence-corrected chi connectivity index (χ0v) is 19.2. The van der Waals surface area contributed by atoms with Crippen LogP contribution in [0.2, 0.25) is 0 Å². The summed E-state index contributed by atoms with van der Waals surface area (Å²) in [6, 6.07) is 7.76. The topological polar surface area (TPSA) is 115 Å². The third-order valence-electron chi connectivity index (χ3n) is 6.38. The Morgan fingerprint density at radius 2 is 2.09 bits per heavy atom. The van der Waals surface area contributed by atoms with Gasteiger partial charge in [0.2, 0.25) is 5.95 Å². The highest BCUT2D eigenvalue weighted by Gasteiger charge is 2.40. The van der Waals surface area contributed by atoms with E-state index in [1.54, 1.807) is 18.4 Å². The molecule has 0 amide bonds. The van der Waals surface area contributed by atoms with Gasteiger partial charge in [-0.1, -0.05) is 0 Å². The largest absolute Gasteiger partial charge is 0.379 e. The van der Waals surface area contributed by atoms with Gasteiger partial charge < -0.3 is 15.4 Å². The normalized spacial score (nSPS) is 22.8. The number of hydrogen-bond donors (Lipinski definition) is 3. The second-order valence-corrected chi connectivity index (χ2v) is 9.78. The SMILES string of the molecule is COCc1cc2c(Nc3cc(C)[nH]n3)nc(NC3C[C@H]4CC[C@@H](C3)N4CCC#N)nc2s1. The number of nitriles is 1. The molecule has 3 aromatic rings. The fraction of sp³-hybridized carbons (Fsp3) is 0.545. The number of anilines is 3. The van der Waals surface area contributed by atoms with Crippen LogP contribution in [0.5, 0.6) is 0 Å². The number of methoxy groups -OCH3 is 1. The Bertz CT molecular complexity index is 1120. The van der Waals surface area contributed by atoms with E-state index in [0.29, 0.717) is 37.1 Å². The molecule has 3 aromatic heterocycles. The van der Waals surface area contributed by atoms with E-state index >= 15 is 0 Å². The van der Waals surface area contributed by atoms with Crippen LogP contribution in [0.4, 0.5) is 17.6 Å². The number of aromatic amines is 1. The van der Waals surface area contributed by atoms with Crippen LogP contribution in [0.15, 0.2) is 12.1 Å². The molecular formula is C22H28N8OS. The second-order valence-electron chi connectivity index (χ2n) is 8.67. The first-order chi connectivity index (χ1) is 15.6. The molecule has 168 valence electrons. The van der Waals surface area contributed by atoms with Crippen LogP contribution in [0.25, 0.3) is 10.2 Å². The number of ether oxygens (including phenoxy) is 1. The first-order valence-electron chi connectivity index (χ1n) is 11.1. The molecule has 10 heteroatoms. The van der Waals surface area contributed by atoms with E-state index in [-0.39, 0.29) is 0 Å². The smallest absolute Gasteiger partial charge is 0.226 e. The number of aromatic nitrogens is 4. The number of nitrogens with zero attached hydrogens (tertiary/aromatic N) is 5. The molecule has 5 rings (SSSR count). The van der Waals surface area contributed by atoms with E-state index in [9.17, 15) is 0 Å². The molecule has 1 unspecified atom stereocenters. The summed E-state index contributed by atoms with van der Waals surface area (Å²) in [4.78, 5) is 14.2. The van der Waals surface area contributed by atoms with Crippen molar-refractivity contribution in [2.75, 3.05) is 24.3 Å². The quantitative estimate of drug-likeness (QED) is 0.471. The maximum atomic E-state index is 8.97. The summed E-state index contributed by atoms with van der Waals surface area (Å²) in [6.45, 7) is 3.41. The van der Waals surface area contributed by atoms with E-state index < -0.39 is 0 Å². The van der Waals surface area contributed by atoms with Gasteiger partial charge in [-0.3, -0.25) is 10.00 Å². The summed E-state index contributed by atoms with van der Waals surface area (Å²) >= 11 is 1.63. The Labute approximate surface area is 191 Å². The maximum Gasteiger partial charge on any atom is 0.226 e. The Balaban J connectivity index is 1.38. The van der Waals surface area contributed by atoms with E-state index in [1.807, 2.05) is 13.0 Å². The molecule has 2 aliphatic heterocycles. The number of thiophene rings is 1. The lowest BCUT2D eigenvalue weighted by atomic mass is 9.97. The first-order valence-corrected chi connectivity index (χ1v) is 11.9. The highest BCUT2D eigenvalue weighted by atomic mass is 32.1. The second kappa shape index (κ2) is 9.02. The minimum atomic E-state index is 0.335. The average molecular weight is 453 g/mol. The molecular weight excluding hydrogens is 424 g/mol. The lowest BCUT2D eigenvalue weighted by molar-refractivity contribution is 0.135. The van der Waals surface area contributed by atoms with Crippen molar-refractivity contribution in [3.8, 4) is 6.07 Å². The molecule has 2 fully saturated rings. The number of rotatable bonds is 8. The number of piperidine rings is 1. The maximum absolute atomic E-state index is 8.97. The Kier molecular flexibility index (Phi) is 5.95. The first kappa shape index (κ1) is 21.1. The molecule has 3 atom stereocenters. The Morgan fingerprint density at radius 1 is 1.28 bits per heavy atom. The predicted molar refractivity (Wildman–Crippen MR) is 125 cm³/mol. The molecule has 9 nitrogen and oxygen atoms in total. The van der Waals surface area contributed by atoms with Gasteiger partial charge >= 0.3 is 0 Å². The van der Waals surface area contributed by atoms with Gasteiger partial charge in [0.15, 0.2) is 5.82 Å². The number of H-pyrrole nitrogens is 1. The van der Waals surface area contributed by atoms with E-state index in [1.165, 1.54) is 12.8 Å². The van der Waals surface area contributed by atoms with Gasteiger partial charge in [0.1, 0.15) is 10.6 Å². The van der Waals surface area contributed by atoms with Gasteiger partial charge in [-0.25, -0.2) is 4.98 Å². The molecule has 2 bridgehead atoms. The highest BCUT2D eigenvalue weighted by molar-refractivity contribution is 7.18. The van der Waals surface area contributed by atoms with Crippen LogP contribution in [0, 0.1) is 18.3 Å². The lowest BCUT2D eigenvalue weighted by Crippen LogP contribution is -2.47. The molecule has 32 heavy (non-hydrogen) atoms. The molecule has 0 radical (unpaired) electrons. The summed E-state index contributed by atoms with van der Waals surface area (Å²) in [7, 11) is 1.70. The van der Waals surface area contributed by atoms with Crippen molar-refractivity contribution in [1.82, 2.24) is 25.1 Å². The molecule has 5 heterocycles. The van der Waals surface area contributed by atoms with Crippen molar-refractivity contribution in [3.05, 3.63) is 22.7 Å². The monoisotopic (exact) mass is 452 g/mol. The van der Waals surface area contributed by atoms with Crippen molar-refractivity contribution in [2.24, 2.45) is 0 Å². The van der Waals surface area contributed by atoms with Gasteiger partial charge in [0.05, 0.1) is 18.1 Å². The van der Waals surface area contributed by atoms with Crippen molar-refractivity contribution in [1.29, 1.82) is 5.26 Å². The summed E-state index contributed by atoms with van der Waals surface area (Å²) in [5.41, 5.74) is 0.986. The molecule has 2 saturated heterocycles. The number of fused-ring (bicyclic) bond motifs is 3. The van der Waals surface area contributed by atoms with Crippen molar-refractivity contribution in [2.45, 2.75) is 63.8 Å². The zero-order chi connectivity index (χ0) is 22.1. The molecule has 0 aromatic carbocycles. The van der Waals surface area contributed by atoms with E-state index in [2.05, 4.69) is 37.9 Å². The van der Waals surface area contributed by atoms with Crippen LogP contribution in [-0.4, -0.2) is 56.8 Å². The third-order valence-corrected chi connectivity index (χ3v) is 7.38. The summed E-state index contributed by atoms with van der Waals surface area (Å²) in [6.07, 6.45) is 5.15. The van der Waals surface area contributed by atoms with Gasteiger partial charge in [-0.15, -0.1) is 11.3 Å². The molecule has 0 spiro atoms. The third kappa shape index (κ3) is 4.28. The average Bonchev–Trinajstić information content (AvgIpc) is 3.42. The highest BCUT2D eigenvalue weighted by Crippen LogP contribution is 2.37. The van der Waals surface area contributed by atoms with Gasteiger partial charge in [0.25, 0.3) is 0 Å². The molecule has 0 saturated carbocycles. The molecule has 3 N–H and O–H groups in total. The van der Waals surface area contributed by atoms with Gasteiger partial charge in [0, 0.05) is 54.8 Å². The minimum absolute atomic E-state index is 0.335. The molecule has 2 aliphatic rings. The van der Waals surface area contributed by atoms with Crippen LogP contribution in [-0.2, 0) is 11.3 Å². The van der Waals surface area contributed by atoms with Crippen LogP contribution >= 0.6 is 11.3 Å².